The van der Waals surface area contributed by atoms with E-state index in [0.717, 1.165) is 32.4 Å². The van der Waals surface area contributed by atoms with Crippen molar-refractivity contribution in [3.8, 4) is 0 Å². The Labute approximate surface area is 123 Å². The zero-order valence-corrected chi connectivity index (χ0v) is 13.4. The lowest BCUT2D eigenvalue weighted by Crippen LogP contribution is -2.39. The summed E-state index contributed by atoms with van der Waals surface area (Å²) in [4.78, 5) is 14.1. The van der Waals surface area contributed by atoms with Crippen LogP contribution in [0.1, 0.15) is 40.0 Å². The van der Waals surface area contributed by atoms with Gasteiger partial charge in [0.1, 0.15) is 0 Å². The number of unbranched alkanes of at least 4 members (excludes halogenated alkanes) is 1. The molecule has 1 aliphatic heterocycles. The van der Waals surface area contributed by atoms with Gasteiger partial charge in [-0.3, -0.25) is 10.1 Å². The smallest absolute Gasteiger partial charge is 0.240 e. The van der Waals surface area contributed by atoms with Crippen molar-refractivity contribution in [2.75, 3.05) is 33.5 Å². The minimum Gasteiger partial charge on any atom is -0.382 e. The largest absolute Gasteiger partial charge is 0.382 e. The summed E-state index contributed by atoms with van der Waals surface area (Å²) in [6.45, 7) is 9.18. The van der Waals surface area contributed by atoms with Crippen molar-refractivity contribution in [2.24, 2.45) is 5.92 Å². The van der Waals surface area contributed by atoms with Gasteiger partial charge in [-0.2, -0.15) is 0 Å². The highest BCUT2D eigenvalue weighted by Crippen LogP contribution is 2.18. The van der Waals surface area contributed by atoms with E-state index in [9.17, 15) is 4.79 Å². The third-order valence-electron chi connectivity index (χ3n) is 3.54. The summed E-state index contributed by atoms with van der Waals surface area (Å²) >= 11 is 0. The van der Waals surface area contributed by atoms with Crippen LogP contribution in [0.3, 0.4) is 0 Å². The van der Waals surface area contributed by atoms with Crippen LogP contribution in [0.4, 0.5) is 0 Å². The Kier molecular flexibility index (Phi) is 8.11. The van der Waals surface area contributed by atoms with E-state index in [1.165, 1.54) is 0 Å². The highest BCUT2D eigenvalue weighted by atomic mass is 16.5. The number of ether oxygens (including phenoxy) is 2. The van der Waals surface area contributed by atoms with Gasteiger partial charge in [0.2, 0.25) is 5.91 Å². The van der Waals surface area contributed by atoms with E-state index >= 15 is 0 Å². The molecule has 1 heterocycles. The standard InChI is InChI=1S/C15H30N2O3/c1-12(2)11-14-16-13(3)15(18)17(14)7-5-6-8-20-10-9-19-4/h12-14,16H,5-11H2,1-4H3. The van der Waals surface area contributed by atoms with Crippen LogP contribution in [-0.4, -0.2) is 56.5 Å². The Hall–Kier alpha value is -0.650. The first-order valence-electron chi connectivity index (χ1n) is 7.69. The van der Waals surface area contributed by atoms with Crippen LogP contribution in [0, 0.1) is 5.92 Å². The second-order valence-corrected chi connectivity index (χ2v) is 5.88. The molecule has 1 amide bonds. The molecule has 0 aromatic rings. The van der Waals surface area contributed by atoms with Crippen molar-refractivity contribution in [3.63, 3.8) is 0 Å². The molecule has 0 aromatic carbocycles. The lowest BCUT2D eigenvalue weighted by molar-refractivity contribution is -0.130. The van der Waals surface area contributed by atoms with Crippen LogP contribution >= 0.6 is 0 Å². The average molecular weight is 286 g/mol. The number of carbonyl (C=O) groups excluding carboxylic acids is 1. The third kappa shape index (κ3) is 5.77. The topological polar surface area (TPSA) is 50.8 Å². The molecular weight excluding hydrogens is 256 g/mol. The molecule has 5 heteroatoms. The van der Waals surface area contributed by atoms with Crippen LogP contribution in [0.25, 0.3) is 0 Å². The van der Waals surface area contributed by atoms with Crippen LogP contribution in [0.5, 0.6) is 0 Å². The number of methoxy groups -OCH3 is 1. The Bertz CT molecular complexity index is 284. The van der Waals surface area contributed by atoms with Gasteiger partial charge in [0.25, 0.3) is 0 Å². The third-order valence-corrected chi connectivity index (χ3v) is 3.54. The lowest BCUT2D eigenvalue weighted by Gasteiger charge is -2.25. The SMILES string of the molecule is COCCOCCCCN1C(=O)C(C)NC1CC(C)C. The second-order valence-electron chi connectivity index (χ2n) is 5.88. The summed E-state index contributed by atoms with van der Waals surface area (Å²) in [5.74, 6) is 0.821. The fourth-order valence-electron chi connectivity index (χ4n) is 2.49. The summed E-state index contributed by atoms with van der Waals surface area (Å²) < 4.78 is 10.4. The maximum atomic E-state index is 12.1. The predicted molar refractivity (Wildman–Crippen MR) is 79.5 cm³/mol. The minimum absolute atomic E-state index is 0.0447. The number of hydrogen-bond acceptors (Lipinski definition) is 4. The molecule has 1 fully saturated rings. The minimum atomic E-state index is -0.0447. The molecule has 1 aliphatic rings. The quantitative estimate of drug-likeness (QED) is 0.620. The Morgan fingerprint density at radius 3 is 2.65 bits per heavy atom. The molecule has 0 aromatic heterocycles. The average Bonchev–Trinajstić information content (AvgIpc) is 2.64. The molecule has 2 unspecified atom stereocenters. The van der Waals surface area contributed by atoms with Crippen molar-refractivity contribution in [1.82, 2.24) is 10.2 Å². The lowest BCUT2D eigenvalue weighted by atomic mass is 10.1. The van der Waals surface area contributed by atoms with Gasteiger partial charge in [0.05, 0.1) is 25.4 Å². The summed E-state index contributed by atoms with van der Waals surface area (Å²) in [5, 5.41) is 3.38. The van der Waals surface area contributed by atoms with Gasteiger partial charge < -0.3 is 14.4 Å². The van der Waals surface area contributed by atoms with Crippen molar-refractivity contribution < 1.29 is 14.3 Å². The number of nitrogens with zero attached hydrogens (tertiary/aromatic N) is 1. The van der Waals surface area contributed by atoms with Crippen LogP contribution in [-0.2, 0) is 14.3 Å². The number of hydrogen-bond donors (Lipinski definition) is 1. The van der Waals surface area contributed by atoms with E-state index in [2.05, 4.69) is 19.2 Å². The molecule has 0 saturated carbocycles. The summed E-state index contributed by atoms with van der Waals surface area (Å²) in [6, 6.07) is -0.0447. The highest BCUT2D eigenvalue weighted by Gasteiger charge is 2.35. The van der Waals surface area contributed by atoms with Gasteiger partial charge >= 0.3 is 0 Å². The predicted octanol–water partition coefficient (Wildman–Crippen LogP) is 1.62. The molecule has 5 nitrogen and oxygen atoms in total. The number of carbonyl (C=O) groups is 1. The highest BCUT2D eigenvalue weighted by molar-refractivity contribution is 5.83. The maximum Gasteiger partial charge on any atom is 0.240 e. The molecule has 1 N–H and O–H groups in total. The van der Waals surface area contributed by atoms with Crippen LogP contribution in [0.2, 0.25) is 0 Å². The Balaban J connectivity index is 2.23. The number of rotatable bonds is 10. The van der Waals surface area contributed by atoms with Crippen molar-refractivity contribution in [1.29, 1.82) is 0 Å². The van der Waals surface area contributed by atoms with Crippen molar-refractivity contribution in [2.45, 2.75) is 52.2 Å². The first kappa shape index (κ1) is 17.4. The van der Waals surface area contributed by atoms with Gasteiger partial charge in [-0.1, -0.05) is 13.8 Å². The fourth-order valence-corrected chi connectivity index (χ4v) is 2.49. The first-order valence-corrected chi connectivity index (χ1v) is 7.69. The molecule has 1 saturated heterocycles. The number of amides is 1. The molecule has 1 rings (SSSR count). The fraction of sp³-hybridized carbons (Fsp3) is 0.933. The van der Waals surface area contributed by atoms with E-state index in [-0.39, 0.29) is 18.1 Å². The van der Waals surface area contributed by atoms with E-state index < -0.39 is 0 Å². The molecule has 0 aliphatic carbocycles. The van der Waals surface area contributed by atoms with Gasteiger partial charge in [0, 0.05) is 20.3 Å². The van der Waals surface area contributed by atoms with Gasteiger partial charge in [0.15, 0.2) is 0 Å². The van der Waals surface area contributed by atoms with Crippen LogP contribution < -0.4 is 5.32 Å². The van der Waals surface area contributed by atoms with E-state index in [0.29, 0.717) is 19.1 Å². The normalized spacial score (nSPS) is 23.1. The zero-order chi connectivity index (χ0) is 15.0. The van der Waals surface area contributed by atoms with Crippen molar-refractivity contribution in [3.05, 3.63) is 0 Å². The van der Waals surface area contributed by atoms with Gasteiger partial charge in [-0.15, -0.1) is 0 Å². The van der Waals surface area contributed by atoms with E-state index in [1.54, 1.807) is 7.11 Å². The molecule has 2 atom stereocenters. The Morgan fingerprint density at radius 2 is 2.00 bits per heavy atom. The first-order chi connectivity index (χ1) is 9.56. The maximum absolute atomic E-state index is 12.1. The molecule has 118 valence electrons. The van der Waals surface area contributed by atoms with Crippen molar-refractivity contribution >= 4 is 5.91 Å². The summed E-state index contributed by atoms with van der Waals surface area (Å²) in [7, 11) is 1.67. The molecule has 0 bridgehead atoms. The van der Waals surface area contributed by atoms with E-state index in [4.69, 9.17) is 9.47 Å². The van der Waals surface area contributed by atoms with E-state index in [1.807, 2.05) is 11.8 Å². The Morgan fingerprint density at radius 1 is 1.25 bits per heavy atom. The number of nitrogens with one attached hydrogen (secondary N) is 1. The molecule has 20 heavy (non-hydrogen) atoms. The summed E-state index contributed by atoms with van der Waals surface area (Å²) in [5.41, 5.74) is 0. The van der Waals surface area contributed by atoms with Crippen LogP contribution in [0.15, 0.2) is 0 Å². The molecular formula is C15H30N2O3. The van der Waals surface area contributed by atoms with Gasteiger partial charge in [-0.05, 0) is 32.1 Å². The zero-order valence-electron chi connectivity index (χ0n) is 13.4. The monoisotopic (exact) mass is 286 g/mol. The molecule has 0 spiro atoms. The second kappa shape index (κ2) is 9.32. The molecule has 0 radical (unpaired) electrons. The van der Waals surface area contributed by atoms with Gasteiger partial charge in [-0.25, -0.2) is 0 Å². The summed E-state index contributed by atoms with van der Waals surface area (Å²) in [6.07, 6.45) is 3.19.